The first-order valence-corrected chi connectivity index (χ1v) is 10.5. The number of primary amides is 1. The van der Waals surface area contributed by atoms with Gasteiger partial charge in [0.2, 0.25) is 23.6 Å². The van der Waals surface area contributed by atoms with Crippen LogP contribution in [0, 0.1) is 11.8 Å². The molecule has 4 amide bonds. The first kappa shape index (κ1) is 24.5. The molecule has 0 spiro atoms. The number of hydrogen-bond acceptors (Lipinski definition) is 5. The third-order valence-corrected chi connectivity index (χ3v) is 6.34. The zero-order valence-corrected chi connectivity index (χ0v) is 18.6. The van der Waals surface area contributed by atoms with Crippen LogP contribution in [0.3, 0.4) is 0 Å². The summed E-state index contributed by atoms with van der Waals surface area (Å²) in [7, 11) is 1.60. The molecule has 1 aliphatic rings. The molecule has 28 heavy (non-hydrogen) atoms. The van der Waals surface area contributed by atoms with Crippen molar-refractivity contribution in [2.45, 2.75) is 77.0 Å². The maximum atomic E-state index is 12.5. The van der Waals surface area contributed by atoms with E-state index >= 15 is 0 Å². The smallest absolute Gasteiger partial charge is 0.240 e. The van der Waals surface area contributed by atoms with E-state index in [0.717, 1.165) is 6.42 Å². The van der Waals surface area contributed by atoms with Crippen LogP contribution in [0.15, 0.2) is 0 Å². The number of rotatable bonds is 11. The monoisotopic (exact) mass is 413 g/mol. The maximum absolute atomic E-state index is 12.5. The molecule has 1 fully saturated rings. The van der Waals surface area contributed by atoms with Gasteiger partial charge in [-0.2, -0.15) is 12.6 Å². The molecule has 0 radical (unpaired) electrons. The number of likely N-dealkylation sites (N-methyl/N-ethyl adjacent to an activating group) is 1. The minimum atomic E-state index is -0.613. The van der Waals surface area contributed by atoms with E-state index in [1.807, 2.05) is 27.7 Å². The Morgan fingerprint density at radius 1 is 1.29 bits per heavy atom. The average molecular weight is 414 g/mol. The SMILES string of the molecule is CCC(C)(S)C1CC(=O)N(CCCCCC(=O)N(C)[C@H](C(N)=O)C(C)C)C1=O. The van der Waals surface area contributed by atoms with Crippen molar-refractivity contribution in [1.29, 1.82) is 0 Å². The summed E-state index contributed by atoms with van der Waals surface area (Å²) >= 11 is 4.56. The Kier molecular flexibility index (Phi) is 8.98. The summed E-state index contributed by atoms with van der Waals surface area (Å²) in [4.78, 5) is 51.3. The van der Waals surface area contributed by atoms with Gasteiger partial charge in [0.1, 0.15) is 6.04 Å². The molecule has 0 saturated carbocycles. The molecule has 8 heteroatoms. The van der Waals surface area contributed by atoms with Crippen molar-refractivity contribution in [2.24, 2.45) is 17.6 Å². The Hall–Kier alpha value is -1.57. The third kappa shape index (κ3) is 5.96. The van der Waals surface area contributed by atoms with E-state index < -0.39 is 16.7 Å². The molecule has 0 aromatic heterocycles. The Balaban J connectivity index is 2.43. The molecule has 0 bridgehead atoms. The first-order valence-electron chi connectivity index (χ1n) is 10.1. The fourth-order valence-electron chi connectivity index (χ4n) is 3.67. The van der Waals surface area contributed by atoms with Crippen LogP contribution in [0.25, 0.3) is 0 Å². The number of imide groups is 1. The number of thiol groups is 1. The summed E-state index contributed by atoms with van der Waals surface area (Å²) in [5.74, 6) is -1.32. The van der Waals surface area contributed by atoms with Crippen LogP contribution in [0.5, 0.6) is 0 Å². The number of likely N-dealkylation sites (tertiary alicyclic amines) is 1. The van der Waals surface area contributed by atoms with Crippen LogP contribution in [-0.4, -0.2) is 57.8 Å². The quantitative estimate of drug-likeness (QED) is 0.307. The van der Waals surface area contributed by atoms with Crippen molar-refractivity contribution >= 4 is 36.3 Å². The number of nitrogens with two attached hydrogens (primary N) is 1. The van der Waals surface area contributed by atoms with Gasteiger partial charge in [-0.1, -0.05) is 27.2 Å². The van der Waals surface area contributed by atoms with E-state index in [1.54, 1.807) is 7.05 Å². The fourth-order valence-corrected chi connectivity index (χ4v) is 3.87. The Bertz CT molecular complexity index is 606. The molecule has 7 nitrogen and oxygen atoms in total. The van der Waals surface area contributed by atoms with Crippen LogP contribution < -0.4 is 5.73 Å². The van der Waals surface area contributed by atoms with Crippen molar-refractivity contribution in [3.8, 4) is 0 Å². The second kappa shape index (κ2) is 10.3. The molecule has 0 aliphatic carbocycles. The highest BCUT2D eigenvalue weighted by atomic mass is 32.1. The van der Waals surface area contributed by atoms with E-state index in [4.69, 9.17) is 5.73 Å². The predicted octanol–water partition coefficient (Wildman–Crippen LogP) is 1.99. The van der Waals surface area contributed by atoms with Gasteiger partial charge in [-0.05, 0) is 32.1 Å². The van der Waals surface area contributed by atoms with Gasteiger partial charge in [-0.3, -0.25) is 24.1 Å². The molecule has 0 aromatic carbocycles. The zero-order valence-electron chi connectivity index (χ0n) is 17.7. The van der Waals surface area contributed by atoms with Crippen LogP contribution in [0.2, 0.25) is 0 Å². The van der Waals surface area contributed by atoms with E-state index in [2.05, 4.69) is 12.6 Å². The van der Waals surface area contributed by atoms with Crippen molar-refractivity contribution < 1.29 is 19.2 Å². The largest absolute Gasteiger partial charge is 0.368 e. The molecular formula is C20H35N3O4S. The molecule has 0 aromatic rings. The second-order valence-electron chi connectivity index (χ2n) is 8.26. The highest BCUT2D eigenvalue weighted by molar-refractivity contribution is 7.81. The molecular weight excluding hydrogens is 378 g/mol. The summed E-state index contributed by atoms with van der Waals surface area (Å²) < 4.78 is -0.480. The molecule has 1 rings (SSSR count). The van der Waals surface area contributed by atoms with Gasteiger partial charge in [-0.15, -0.1) is 0 Å². The summed E-state index contributed by atoms with van der Waals surface area (Å²) in [6.07, 6.45) is 3.25. The lowest BCUT2D eigenvalue weighted by atomic mass is 9.89. The standard InChI is InChI=1S/C20H35N3O4S/c1-6-20(4,28)14-12-16(25)23(19(14)27)11-9-7-8-10-15(24)22(5)17(13(2)3)18(21)26/h13-14,17,28H,6-12H2,1-5H3,(H2,21,26)/t14?,17-,20?/m0/s1. The second-order valence-corrected chi connectivity index (χ2v) is 9.28. The van der Waals surface area contributed by atoms with Gasteiger partial charge >= 0.3 is 0 Å². The van der Waals surface area contributed by atoms with Gasteiger partial charge in [0, 0.05) is 31.2 Å². The third-order valence-electron chi connectivity index (χ3n) is 5.72. The molecule has 2 N–H and O–H groups in total. The van der Waals surface area contributed by atoms with Crippen molar-refractivity contribution in [1.82, 2.24) is 9.80 Å². The van der Waals surface area contributed by atoms with Crippen LogP contribution in [0.1, 0.15) is 66.2 Å². The average Bonchev–Trinajstić information content (AvgIpc) is 2.89. The Morgan fingerprint density at radius 3 is 2.39 bits per heavy atom. The van der Waals surface area contributed by atoms with Gasteiger partial charge in [0.15, 0.2) is 0 Å². The Labute approximate surface area is 173 Å². The number of carbonyl (C=O) groups excluding carboxylic acids is 4. The molecule has 160 valence electrons. The molecule has 3 atom stereocenters. The van der Waals surface area contributed by atoms with Gasteiger partial charge < -0.3 is 10.6 Å². The number of carbonyl (C=O) groups is 4. The van der Waals surface area contributed by atoms with Gasteiger partial charge in [-0.25, -0.2) is 0 Å². The highest BCUT2D eigenvalue weighted by Gasteiger charge is 2.46. The molecule has 1 saturated heterocycles. The lowest BCUT2D eigenvalue weighted by Gasteiger charge is -2.28. The minimum absolute atomic E-state index is 0.0489. The van der Waals surface area contributed by atoms with Crippen molar-refractivity contribution in [3.05, 3.63) is 0 Å². The van der Waals surface area contributed by atoms with E-state index in [1.165, 1.54) is 9.80 Å². The zero-order chi connectivity index (χ0) is 21.6. The van der Waals surface area contributed by atoms with Crippen LogP contribution >= 0.6 is 12.6 Å². The summed E-state index contributed by atoms with van der Waals surface area (Å²) in [6, 6.07) is -0.613. The van der Waals surface area contributed by atoms with E-state index in [0.29, 0.717) is 32.2 Å². The lowest BCUT2D eigenvalue weighted by molar-refractivity contribution is -0.140. The summed E-state index contributed by atoms with van der Waals surface area (Å²) in [5.41, 5.74) is 5.39. The molecule has 1 aliphatic heterocycles. The molecule has 2 unspecified atom stereocenters. The lowest BCUT2D eigenvalue weighted by Crippen LogP contribution is -2.48. The number of amides is 4. The summed E-state index contributed by atoms with van der Waals surface area (Å²) in [5, 5.41) is 0. The van der Waals surface area contributed by atoms with Gasteiger partial charge in [0.05, 0.1) is 5.92 Å². The van der Waals surface area contributed by atoms with Crippen LogP contribution in [-0.2, 0) is 19.2 Å². The van der Waals surface area contributed by atoms with Crippen molar-refractivity contribution in [2.75, 3.05) is 13.6 Å². The topological polar surface area (TPSA) is 101 Å². The van der Waals surface area contributed by atoms with Gasteiger partial charge in [0.25, 0.3) is 0 Å². The van der Waals surface area contributed by atoms with E-state index in [9.17, 15) is 19.2 Å². The maximum Gasteiger partial charge on any atom is 0.240 e. The predicted molar refractivity (Wildman–Crippen MR) is 112 cm³/mol. The number of hydrogen-bond donors (Lipinski definition) is 2. The first-order chi connectivity index (χ1) is 12.9. The summed E-state index contributed by atoms with van der Waals surface area (Å²) in [6.45, 7) is 7.94. The highest BCUT2D eigenvalue weighted by Crippen LogP contribution is 2.36. The van der Waals surface area contributed by atoms with Crippen molar-refractivity contribution in [3.63, 3.8) is 0 Å². The van der Waals surface area contributed by atoms with Crippen LogP contribution in [0.4, 0.5) is 0 Å². The Morgan fingerprint density at radius 2 is 1.89 bits per heavy atom. The minimum Gasteiger partial charge on any atom is -0.368 e. The normalized spacial score (nSPS) is 20.4. The number of unbranched alkanes of at least 4 members (excludes halogenated alkanes) is 2. The number of nitrogens with zero attached hydrogens (tertiary/aromatic N) is 2. The van der Waals surface area contributed by atoms with E-state index in [-0.39, 0.29) is 36.0 Å². The fraction of sp³-hybridized carbons (Fsp3) is 0.800. The molecule has 1 heterocycles.